The standard InChI is InChI=1S/C19H23NO2/c1-3-7-17(20-14(2)15-8-5-4-6-9-15)16-10-11-18-19(12-16)22-13-21-18/h4-6,8-12,14,17,20H,3,7,13H2,1-2H3. The molecular formula is C19H23NO2. The van der Waals surface area contributed by atoms with Crippen molar-refractivity contribution in [2.45, 2.75) is 38.8 Å². The van der Waals surface area contributed by atoms with Crippen molar-refractivity contribution in [2.24, 2.45) is 0 Å². The highest BCUT2D eigenvalue weighted by Gasteiger charge is 2.19. The number of fused-ring (bicyclic) bond motifs is 1. The van der Waals surface area contributed by atoms with E-state index in [1.807, 2.05) is 6.07 Å². The second-order valence-corrected chi connectivity index (χ2v) is 5.75. The molecule has 0 spiro atoms. The molecule has 2 unspecified atom stereocenters. The largest absolute Gasteiger partial charge is 0.454 e. The predicted molar refractivity (Wildman–Crippen MR) is 88.2 cm³/mol. The molecule has 1 aliphatic heterocycles. The minimum absolute atomic E-state index is 0.308. The molecule has 2 aromatic rings. The van der Waals surface area contributed by atoms with Gasteiger partial charge >= 0.3 is 0 Å². The van der Waals surface area contributed by atoms with Gasteiger partial charge in [-0.1, -0.05) is 49.7 Å². The SMILES string of the molecule is CCCC(NC(C)c1ccccc1)c1ccc2c(c1)OCO2. The molecule has 0 radical (unpaired) electrons. The molecule has 1 aliphatic rings. The van der Waals surface area contributed by atoms with Gasteiger partial charge in [-0.2, -0.15) is 0 Å². The van der Waals surface area contributed by atoms with Gasteiger partial charge in [0.05, 0.1) is 0 Å². The first-order valence-corrected chi connectivity index (χ1v) is 7.98. The lowest BCUT2D eigenvalue weighted by molar-refractivity contribution is 0.174. The molecule has 1 N–H and O–H groups in total. The van der Waals surface area contributed by atoms with Crippen molar-refractivity contribution in [3.63, 3.8) is 0 Å². The van der Waals surface area contributed by atoms with Crippen molar-refractivity contribution in [3.05, 3.63) is 59.7 Å². The van der Waals surface area contributed by atoms with Crippen LogP contribution in [0.25, 0.3) is 0 Å². The maximum absolute atomic E-state index is 5.51. The molecule has 0 saturated heterocycles. The molecule has 3 nitrogen and oxygen atoms in total. The third kappa shape index (κ3) is 3.25. The molecule has 0 amide bonds. The van der Waals surface area contributed by atoms with Crippen LogP contribution < -0.4 is 14.8 Å². The van der Waals surface area contributed by atoms with Gasteiger partial charge in [-0.15, -0.1) is 0 Å². The summed E-state index contributed by atoms with van der Waals surface area (Å²) in [5.74, 6) is 1.70. The second-order valence-electron chi connectivity index (χ2n) is 5.75. The first kappa shape index (κ1) is 14.9. The molecule has 3 heteroatoms. The summed E-state index contributed by atoms with van der Waals surface area (Å²) in [6.45, 7) is 4.75. The van der Waals surface area contributed by atoms with Crippen LogP contribution in [0.1, 0.15) is 49.9 Å². The molecule has 0 aromatic heterocycles. The summed E-state index contributed by atoms with van der Waals surface area (Å²) in [6.07, 6.45) is 2.23. The zero-order valence-electron chi connectivity index (χ0n) is 13.2. The van der Waals surface area contributed by atoms with Crippen molar-refractivity contribution in [3.8, 4) is 11.5 Å². The Morgan fingerprint density at radius 1 is 1.00 bits per heavy atom. The van der Waals surface area contributed by atoms with Crippen molar-refractivity contribution in [1.82, 2.24) is 5.32 Å². The second kappa shape index (κ2) is 6.84. The van der Waals surface area contributed by atoms with E-state index in [1.54, 1.807) is 0 Å². The Kier molecular flexibility index (Phi) is 4.64. The Labute approximate surface area is 132 Å². The van der Waals surface area contributed by atoms with Crippen LogP contribution in [-0.2, 0) is 0 Å². The van der Waals surface area contributed by atoms with E-state index < -0.39 is 0 Å². The molecule has 0 fully saturated rings. The smallest absolute Gasteiger partial charge is 0.231 e. The van der Waals surface area contributed by atoms with E-state index in [0.717, 1.165) is 24.3 Å². The van der Waals surface area contributed by atoms with Crippen LogP contribution in [0.15, 0.2) is 48.5 Å². The van der Waals surface area contributed by atoms with E-state index in [2.05, 4.69) is 61.6 Å². The first-order chi connectivity index (χ1) is 10.8. The summed E-state index contributed by atoms with van der Waals surface area (Å²) in [5.41, 5.74) is 2.57. The molecule has 1 heterocycles. The average Bonchev–Trinajstić information content (AvgIpc) is 3.02. The van der Waals surface area contributed by atoms with Crippen molar-refractivity contribution in [2.75, 3.05) is 6.79 Å². The number of hydrogen-bond acceptors (Lipinski definition) is 3. The van der Waals surface area contributed by atoms with Gasteiger partial charge in [0.2, 0.25) is 6.79 Å². The highest BCUT2D eigenvalue weighted by Crippen LogP contribution is 2.35. The van der Waals surface area contributed by atoms with Crippen LogP contribution in [0.5, 0.6) is 11.5 Å². The molecule has 22 heavy (non-hydrogen) atoms. The maximum atomic E-state index is 5.51. The van der Waals surface area contributed by atoms with E-state index in [9.17, 15) is 0 Å². The summed E-state index contributed by atoms with van der Waals surface area (Å²) in [4.78, 5) is 0. The van der Waals surface area contributed by atoms with E-state index >= 15 is 0 Å². The van der Waals surface area contributed by atoms with Crippen LogP contribution in [0.2, 0.25) is 0 Å². The van der Waals surface area contributed by atoms with E-state index in [0.29, 0.717) is 18.9 Å². The van der Waals surface area contributed by atoms with Gasteiger partial charge in [0.15, 0.2) is 11.5 Å². The number of benzene rings is 2. The lowest BCUT2D eigenvalue weighted by Crippen LogP contribution is -2.24. The fourth-order valence-corrected chi connectivity index (χ4v) is 2.90. The zero-order chi connectivity index (χ0) is 15.4. The number of rotatable bonds is 6. The minimum Gasteiger partial charge on any atom is -0.454 e. The van der Waals surface area contributed by atoms with Crippen LogP contribution in [0.3, 0.4) is 0 Å². The summed E-state index contributed by atoms with van der Waals surface area (Å²) in [5, 5.41) is 3.75. The van der Waals surface area contributed by atoms with E-state index in [-0.39, 0.29) is 0 Å². The third-order valence-corrected chi connectivity index (χ3v) is 4.13. The van der Waals surface area contributed by atoms with Gasteiger partial charge in [0, 0.05) is 12.1 Å². The Morgan fingerprint density at radius 2 is 1.77 bits per heavy atom. The Hall–Kier alpha value is -2.00. The third-order valence-electron chi connectivity index (χ3n) is 4.13. The normalized spacial score (nSPS) is 15.5. The van der Waals surface area contributed by atoms with Crippen LogP contribution in [0.4, 0.5) is 0 Å². The molecule has 2 atom stereocenters. The Balaban J connectivity index is 1.78. The monoisotopic (exact) mass is 297 g/mol. The number of nitrogens with one attached hydrogen (secondary N) is 1. The summed E-state index contributed by atoms with van der Waals surface area (Å²) < 4.78 is 10.9. The summed E-state index contributed by atoms with van der Waals surface area (Å²) in [6, 6.07) is 17.4. The number of ether oxygens (including phenoxy) is 2. The van der Waals surface area contributed by atoms with Gasteiger partial charge in [0.1, 0.15) is 0 Å². The van der Waals surface area contributed by atoms with Crippen molar-refractivity contribution >= 4 is 0 Å². The lowest BCUT2D eigenvalue weighted by Gasteiger charge is -2.24. The Bertz CT molecular complexity index is 612. The van der Waals surface area contributed by atoms with Gasteiger partial charge < -0.3 is 14.8 Å². The summed E-state index contributed by atoms with van der Waals surface area (Å²) in [7, 11) is 0. The molecule has 2 aromatic carbocycles. The summed E-state index contributed by atoms with van der Waals surface area (Å²) >= 11 is 0. The number of hydrogen-bond donors (Lipinski definition) is 1. The molecule has 0 bridgehead atoms. The fourth-order valence-electron chi connectivity index (χ4n) is 2.90. The van der Waals surface area contributed by atoms with E-state index in [1.165, 1.54) is 11.1 Å². The highest BCUT2D eigenvalue weighted by atomic mass is 16.7. The van der Waals surface area contributed by atoms with Crippen LogP contribution in [0, 0.1) is 0 Å². The molecule has 0 aliphatic carbocycles. The van der Waals surface area contributed by atoms with Crippen molar-refractivity contribution < 1.29 is 9.47 Å². The lowest BCUT2D eigenvalue weighted by atomic mass is 9.99. The highest BCUT2D eigenvalue weighted by molar-refractivity contribution is 5.45. The van der Waals surface area contributed by atoms with Gasteiger partial charge in [-0.05, 0) is 36.6 Å². The van der Waals surface area contributed by atoms with Crippen LogP contribution >= 0.6 is 0 Å². The Morgan fingerprint density at radius 3 is 2.55 bits per heavy atom. The predicted octanol–water partition coefficient (Wildman–Crippen LogP) is 4.61. The molecule has 3 rings (SSSR count). The maximum Gasteiger partial charge on any atom is 0.231 e. The van der Waals surface area contributed by atoms with Gasteiger partial charge in [-0.25, -0.2) is 0 Å². The average molecular weight is 297 g/mol. The van der Waals surface area contributed by atoms with Gasteiger partial charge in [0.25, 0.3) is 0 Å². The van der Waals surface area contributed by atoms with Crippen molar-refractivity contribution in [1.29, 1.82) is 0 Å². The molecule has 116 valence electrons. The topological polar surface area (TPSA) is 30.5 Å². The molecule has 0 saturated carbocycles. The minimum atomic E-state index is 0.308. The quantitative estimate of drug-likeness (QED) is 0.844. The van der Waals surface area contributed by atoms with Gasteiger partial charge in [-0.3, -0.25) is 0 Å². The first-order valence-electron chi connectivity index (χ1n) is 7.98. The molecular weight excluding hydrogens is 274 g/mol. The zero-order valence-corrected chi connectivity index (χ0v) is 13.2. The fraction of sp³-hybridized carbons (Fsp3) is 0.368. The van der Waals surface area contributed by atoms with Crippen LogP contribution in [-0.4, -0.2) is 6.79 Å². The van der Waals surface area contributed by atoms with E-state index in [4.69, 9.17) is 9.47 Å².